The number of hydrogen-bond acceptors (Lipinski definition) is 1. The first-order valence-electron chi connectivity index (χ1n) is 5.07. The Labute approximate surface area is 85.8 Å². The third kappa shape index (κ3) is 1.54. The fourth-order valence-electron chi connectivity index (χ4n) is 1.77. The van der Waals surface area contributed by atoms with Crippen LogP contribution >= 0.6 is 0 Å². The molecular weight excluding hydrogens is 170 g/mol. The highest BCUT2D eigenvalue weighted by Crippen LogP contribution is 2.30. The average Bonchev–Trinajstić information content (AvgIpc) is 2.07. The molecule has 1 aromatic rings. The van der Waals surface area contributed by atoms with Crippen LogP contribution in [0.25, 0.3) is 6.08 Å². The van der Waals surface area contributed by atoms with Gasteiger partial charge >= 0.3 is 0 Å². The molecule has 0 aliphatic carbocycles. The van der Waals surface area contributed by atoms with Crippen LogP contribution in [0.1, 0.15) is 30.5 Å². The minimum atomic E-state index is 0.0781. The van der Waals surface area contributed by atoms with E-state index in [0.717, 1.165) is 0 Å². The number of hydrogen-bond donors (Lipinski definition) is 1. The summed E-state index contributed by atoms with van der Waals surface area (Å²) in [5.41, 5.74) is 5.33. The maximum absolute atomic E-state index is 3.52. The van der Waals surface area contributed by atoms with E-state index >= 15 is 0 Å². The van der Waals surface area contributed by atoms with Gasteiger partial charge in [0.1, 0.15) is 0 Å². The van der Waals surface area contributed by atoms with E-state index in [1.807, 2.05) is 0 Å². The summed E-state index contributed by atoms with van der Waals surface area (Å²) in [7, 11) is 0. The molecule has 1 aliphatic rings. The molecule has 1 nitrogen and oxygen atoms in total. The predicted molar refractivity (Wildman–Crippen MR) is 62.7 cm³/mol. The van der Waals surface area contributed by atoms with E-state index in [1.54, 1.807) is 0 Å². The number of fused-ring (bicyclic) bond motifs is 1. The molecule has 1 aliphatic heterocycles. The molecule has 0 saturated heterocycles. The fraction of sp³-hybridized carbons (Fsp3) is 0.385. The maximum atomic E-state index is 3.52. The van der Waals surface area contributed by atoms with Gasteiger partial charge in [0.25, 0.3) is 0 Å². The van der Waals surface area contributed by atoms with E-state index in [0.29, 0.717) is 0 Å². The number of rotatable bonds is 0. The van der Waals surface area contributed by atoms with Gasteiger partial charge in [-0.1, -0.05) is 12.2 Å². The van der Waals surface area contributed by atoms with Crippen molar-refractivity contribution in [1.29, 1.82) is 0 Å². The first kappa shape index (κ1) is 9.32. The Balaban J connectivity index is 2.52. The molecule has 2 rings (SSSR count). The Bertz CT molecular complexity index is 400. The van der Waals surface area contributed by atoms with Crippen LogP contribution in [0.3, 0.4) is 0 Å². The summed E-state index contributed by atoms with van der Waals surface area (Å²) in [6, 6.07) is 4.47. The van der Waals surface area contributed by atoms with Crippen LogP contribution in [0.5, 0.6) is 0 Å². The Morgan fingerprint density at radius 2 is 1.71 bits per heavy atom. The molecule has 0 bridgehead atoms. The lowest BCUT2D eigenvalue weighted by atomic mass is 9.94. The van der Waals surface area contributed by atoms with Crippen molar-refractivity contribution in [3.8, 4) is 0 Å². The Morgan fingerprint density at radius 1 is 1.07 bits per heavy atom. The van der Waals surface area contributed by atoms with Crippen LogP contribution in [-0.2, 0) is 0 Å². The van der Waals surface area contributed by atoms with E-state index in [9.17, 15) is 0 Å². The lowest BCUT2D eigenvalue weighted by Gasteiger charge is -2.29. The van der Waals surface area contributed by atoms with E-state index < -0.39 is 0 Å². The van der Waals surface area contributed by atoms with Gasteiger partial charge in [0.05, 0.1) is 5.54 Å². The SMILES string of the molecule is Cc1cc2c(cc1C)NC(C)(C)C=C2. The fourth-order valence-corrected chi connectivity index (χ4v) is 1.77. The largest absolute Gasteiger partial charge is 0.376 e. The quantitative estimate of drug-likeness (QED) is 0.655. The number of aryl methyl sites for hydroxylation is 2. The zero-order chi connectivity index (χ0) is 10.3. The third-order valence-corrected chi connectivity index (χ3v) is 2.80. The molecule has 1 heterocycles. The molecule has 1 N–H and O–H groups in total. The van der Waals surface area contributed by atoms with Gasteiger partial charge in [-0.15, -0.1) is 0 Å². The summed E-state index contributed by atoms with van der Waals surface area (Å²) in [5, 5.41) is 3.52. The summed E-state index contributed by atoms with van der Waals surface area (Å²) in [5.74, 6) is 0. The standard InChI is InChI=1S/C13H17N/c1-9-7-11-5-6-13(3,4)14-12(11)8-10(9)2/h5-8,14H,1-4H3. The third-order valence-electron chi connectivity index (χ3n) is 2.80. The van der Waals surface area contributed by atoms with Crippen LogP contribution in [0.15, 0.2) is 18.2 Å². The topological polar surface area (TPSA) is 12.0 Å². The molecule has 0 radical (unpaired) electrons. The first-order valence-corrected chi connectivity index (χ1v) is 5.07. The summed E-state index contributed by atoms with van der Waals surface area (Å²) in [6.45, 7) is 8.68. The van der Waals surface area contributed by atoms with Crippen LogP contribution in [0.2, 0.25) is 0 Å². The van der Waals surface area contributed by atoms with Crippen LogP contribution in [0, 0.1) is 13.8 Å². The van der Waals surface area contributed by atoms with Crippen LogP contribution in [0.4, 0.5) is 5.69 Å². The van der Waals surface area contributed by atoms with E-state index in [-0.39, 0.29) is 5.54 Å². The zero-order valence-corrected chi connectivity index (χ0v) is 9.31. The molecule has 1 heteroatoms. The summed E-state index contributed by atoms with van der Waals surface area (Å²) < 4.78 is 0. The van der Waals surface area contributed by atoms with E-state index in [1.165, 1.54) is 22.4 Å². The van der Waals surface area contributed by atoms with Crippen molar-refractivity contribution in [2.24, 2.45) is 0 Å². The minimum Gasteiger partial charge on any atom is -0.376 e. The van der Waals surface area contributed by atoms with Crippen molar-refractivity contribution in [2.75, 3.05) is 5.32 Å². The van der Waals surface area contributed by atoms with Crippen molar-refractivity contribution in [2.45, 2.75) is 33.2 Å². The maximum Gasteiger partial charge on any atom is 0.0503 e. The molecular formula is C13H17N. The Hall–Kier alpha value is -1.24. The molecule has 0 unspecified atom stereocenters. The number of anilines is 1. The van der Waals surface area contributed by atoms with Crippen molar-refractivity contribution in [3.05, 3.63) is 34.9 Å². The van der Waals surface area contributed by atoms with Gasteiger partial charge in [0.2, 0.25) is 0 Å². The van der Waals surface area contributed by atoms with Crippen molar-refractivity contribution < 1.29 is 0 Å². The second-order valence-electron chi connectivity index (χ2n) is 4.70. The molecule has 1 aromatic carbocycles. The van der Waals surface area contributed by atoms with Crippen LogP contribution in [-0.4, -0.2) is 5.54 Å². The number of nitrogens with one attached hydrogen (secondary N) is 1. The normalized spacial score (nSPS) is 17.4. The molecule has 0 atom stereocenters. The summed E-state index contributed by atoms with van der Waals surface area (Å²) in [4.78, 5) is 0. The van der Waals surface area contributed by atoms with Crippen molar-refractivity contribution in [1.82, 2.24) is 0 Å². The molecule has 0 saturated carbocycles. The molecule has 0 aromatic heterocycles. The second-order valence-corrected chi connectivity index (χ2v) is 4.70. The zero-order valence-electron chi connectivity index (χ0n) is 9.31. The minimum absolute atomic E-state index is 0.0781. The summed E-state index contributed by atoms with van der Waals surface area (Å²) in [6.07, 6.45) is 4.42. The predicted octanol–water partition coefficient (Wildman–Crippen LogP) is 3.52. The van der Waals surface area contributed by atoms with Gasteiger partial charge in [0.15, 0.2) is 0 Å². The van der Waals surface area contributed by atoms with Crippen molar-refractivity contribution in [3.63, 3.8) is 0 Å². The van der Waals surface area contributed by atoms with E-state index in [2.05, 4.69) is 57.3 Å². The second kappa shape index (κ2) is 2.88. The Kier molecular flexibility index (Phi) is 1.91. The highest BCUT2D eigenvalue weighted by atomic mass is 15.0. The van der Waals surface area contributed by atoms with Gasteiger partial charge in [0, 0.05) is 5.69 Å². The highest BCUT2D eigenvalue weighted by molar-refractivity contribution is 5.73. The lowest BCUT2D eigenvalue weighted by Crippen LogP contribution is -2.30. The van der Waals surface area contributed by atoms with Gasteiger partial charge < -0.3 is 5.32 Å². The first-order chi connectivity index (χ1) is 6.48. The van der Waals surface area contributed by atoms with Crippen molar-refractivity contribution >= 4 is 11.8 Å². The monoisotopic (exact) mass is 187 g/mol. The smallest absolute Gasteiger partial charge is 0.0503 e. The van der Waals surface area contributed by atoms with Gasteiger partial charge in [-0.25, -0.2) is 0 Å². The number of benzene rings is 1. The van der Waals surface area contributed by atoms with Crippen LogP contribution < -0.4 is 5.32 Å². The van der Waals surface area contributed by atoms with E-state index in [4.69, 9.17) is 0 Å². The lowest BCUT2D eigenvalue weighted by molar-refractivity contribution is 0.710. The van der Waals surface area contributed by atoms with Gasteiger partial charge in [-0.2, -0.15) is 0 Å². The highest BCUT2D eigenvalue weighted by Gasteiger charge is 2.19. The van der Waals surface area contributed by atoms with Gasteiger partial charge in [-0.3, -0.25) is 0 Å². The molecule has 74 valence electrons. The molecule has 0 amide bonds. The average molecular weight is 187 g/mol. The Morgan fingerprint density at radius 3 is 2.43 bits per heavy atom. The molecule has 14 heavy (non-hydrogen) atoms. The summed E-state index contributed by atoms with van der Waals surface area (Å²) >= 11 is 0. The van der Waals surface area contributed by atoms with Gasteiger partial charge in [-0.05, 0) is 56.5 Å². The molecule has 0 fully saturated rings. The molecule has 0 spiro atoms.